The molecule has 11 nitrogen and oxygen atoms in total. The van der Waals surface area contributed by atoms with Crippen LogP contribution in [0.2, 0.25) is 0 Å². The van der Waals surface area contributed by atoms with Gasteiger partial charge in [-0.2, -0.15) is 0 Å². The van der Waals surface area contributed by atoms with Gasteiger partial charge >= 0.3 is 0 Å². The van der Waals surface area contributed by atoms with E-state index in [2.05, 4.69) is 10.6 Å². The molecule has 0 spiro atoms. The summed E-state index contributed by atoms with van der Waals surface area (Å²) in [5.41, 5.74) is -0.0982. The minimum Gasteiger partial charge on any atom is -0.504 e. The van der Waals surface area contributed by atoms with Gasteiger partial charge in [-0.05, 0) is 43.5 Å². The number of Topliss-reactive ketones (excluding diaryl/α,β-unsaturated/α-hetero) is 1. The van der Waals surface area contributed by atoms with Crippen LogP contribution in [0.4, 0.5) is 0 Å². The zero-order valence-electron chi connectivity index (χ0n) is 22.3. The molecule has 0 atom stereocenters. The van der Waals surface area contributed by atoms with E-state index in [0.717, 1.165) is 0 Å². The van der Waals surface area contributed by atoms with E-state index in [1.165, 1.54) is 36.4 Å². The van der Waals surface area contributed by atoms with Gasteiger partial charge in [-0.25, -0.2) is 0 Å². The monoisotopic (exact) mass is 543 g/mol. The van der Waals surface area contributed by atoms with Crippen LogP contribution >= 0.6 is 0 Å². The number of aromatic hydroxyl groups is 4. The van der Waals surface area contributed by atoms with E-state index in [0.29, 0.717) is 32.4 Å². The smallest absolute Gasteiger partial charge is 0.255 e. The Labute approximate surface area is 227 Å². The number of ketones is 1. The van der Waals surface area contributed by atoms with Crippen molar-refractivity contribution in [3.63, 3.8) is 0 Å². The molecular weight excluding hydrogens is 506 g/mol. The first-order chi connectivity index (χ1) is 18.5. The van der Waals surface area contributed by atoms with Gasteiger partial charge in [-0.1, -0.05) is 26.0 Å². The number of phenols is 4. The minimum atomic E-state index is -0.558. The molecule has 2 rings (SSSR count). The topological polar surface area (TPSA) is 176 Å². The Balaban J connectivity index is 1.85. The average Bonchev–Trinajstić information content (AvgIpc) is 2.90. The van der Waals surface area contributed by atoms with Crippen molar-refractivity contribution in [3.8, 4) is 23.0 Å². The second-order valence-corrected chi connectivity index (χ2v) is 9.42. The molecule has 0 aromatic heterocycles. The predicted molar refractivity (Wildman–Crippen MR) is 144 cm³/mol. The predicted octanol–water partition coefficient (Wildman–Crippen LogP) is 2.67. The summed E-state index contributed by atoms with van der Waals surface area (Å²) in [7, 11) is 0. The number of benzene rings is 2. The minimum absolute atomic E-state index is 0.000557. The number of carbonyl (C=O) groups excluding carboxylic acids is 4. The third-order valence-corrected chi connectivity index (χ3v) is 6.13. The molecule has 39 heavy (non-hydrogen) atoms. The maximum Gasteiger partial charge on any atom is 0.255 e. The van der Waals surface area contributed by atoms with Crippen molar-refractivity contribution in [3.05, 3.63) is 47.5 Å². The number of nitrogens with one attached hydrogen (secondary N) is 2. The van der Waals surface area contributed by atoms with Gasteiger partial charge in [0.15, 0.2) is 23.0 Å². The van der Waals surface area contributed by atoms with Crippen LogP contribution < -0.4 is 10.6 Å². The van der Waals surface area contributed by atoms with Crippen molar-refractivity contribution in [2.75, 3.05) is 26.2 Å². The first-order valence-electron chi connectivity index (χ1n) is 12.9. The normalized spacial score (nSPS) is 10.7. The Morgan fingerprint density at radius 2 is 1.21 bits per heavy atom. The molecule has 0 saturated carbocycles. The Morgan fingerprint density at radius 3 is 1.72 bits per heavy atom. The summed E-state index contributed by atoms with van der Waals surface area (Å²) in [5, 5.41) is 44.1. The molecule has 11 heteroatoms. The molecule has 2 aromatic rings. The highest BCUT2D eigenvalue weighted by atomic mass is 16.3. The van der Waals surface area contributed by atoms with Crippen LogP contribution in [0.5, 0.6) is 23.0 Å². The molecule has 0 aliphatic rings. The maximum atomic E-state index is 12.8. The Morgan fingerprint density at radius 1 is 0.718 bits per heavy atom. The lowest BCUT2D eigenvalue weighted by Crippen LogP contribution is -2.36. The summed E-state index contributed by atoms with van der Waals surface area (Å²) in [5.74, 6) is -3.22. The summed E-state index contributed by atoms with van der Waals surface area (Å²) in [6.07, 6.45) is 1.73. The van der Waals surface area contributed by atoms with Gasteiger partial charge in [0.05, 0.1) is 11.1 Å². The molecule has 0 saturated heterocycles. The zero-order chi connectivity index (χ0) is 28.9. The van der Waals surface area contributed by atoms with Crippen LogP contribution in [0, 0.1) is 5.92 Å². The first kappa shape index (κ1) is 30.9. The van der Waals surface area contributed by atoms with Crippen LogP contribution in [0.1, 0.15) is 66.7 Å². The second-order valence-electron chi connectivity index (χ2n) is 9.42. The molecule has 3 amide bonds. The molecule has 0 radical (unpaired) electrons. The van der Waals surface area contributed by atoms with Gasteiger partial charge in [-0.15, -0.1) is 0 Å². The number of para-hydroxylation sites is 2. The molecular formula is C28H37N3O8. The molecule has 0 heterocycles. The van der Waals surface area contributed by atoms with E-state index < -0.39 is 29.1 Å². The molecule has 6 N–H and O–H groups in total. The highest BCUT2D eigenvalue weighted by molar-refractivity contribution is 5.98. The van der Waals surface area contributed by atoms with E-state index in [9.17, 15) is 39.6 Å². The Kier molecular flexibility index (Phi) is 12.1. The highest BCUT2D eigenvalue weighted by Crippen LogP contribution is 2.28. The lowest BCUT2D eigenvalue weighted by molar-refractivity contribution is -0.133. The lowest BCUT2D eigenvalue weighted by Gasteiger charge is -2.23. The lowest BCUT2D eigenvalue weighted by atomic mass is 10.0. The van der Waals surface area contributed by atoms with Crippen LogP contribution in [0.3, 0.4) is 0 Å². The fraction of sp³-hybridized carbons (Fsp3) is 0.429. The first-order valence-corrected chi connectivity index (χ1v) is 12.9. The quantitative estimate of drug-likeness (QED) is 0.147. The van der Waals surface area contributed by atoms with E-state index in [4.69, 9.17) is 0 Å². The number of carbonyl (C=O) groups is 4. The van der Waals surface area contributed by atoms with Gasteiger partial charge < -0.3 is 36.0 Å². The fourth-order valence-corrected chi connectivity index (χ4v) is 3.76. The third-order valence-electron chi connectivity index (χ3n) is 6.13. The second kappa shape index (κ2) is 15.2. The molecule has 0 unspecified atom stereocenters. The van der Waals surface area contributed by atoms with Crippen LogP contribution in [-0.4, -0.2) is 75.0 Å². The van der Waals surface area contributed by atoms with Crippen molar-refractivity contribution < 1.29 is 39.6 Å². The van der Waals surface area contributed by atoms with Crippen molar-refractivity contribution in [1.82, 2.24) is 15.5 Å². The van der Waals surface area contributed by atoms with Crippen molar-refractivity contribution in [2.24, 2.45) is 5.92 Å². The van der Waals surface area contributed by atoms with Gasteiger partial charge in [0.1, 0.15) is 5.78 Å². The van der Waals surface area contributed by atoms with Gasteiger partial charge in [-0.3, -0.25) is 19.2 Å². The SMILES string of the molecule is CC(C)C(=O)CCC(=O)N(CCCCNC(=O)c1cccc(O)c1O)CCCNC(=O)c1cccc(O)c1O. The number of nitrogens with zero attached hydrogens (tertiary/aromatic N) is 1. The summed E-state index contributed by atoms with van der Waals surface area (Å²) in [6.45, 7) is 4.76. The molecule has 0 aliphatic carbocycles. The molecule has 212 valence electrons. The Hall–Kier alpha value is -4.28. The van der Waals surface area contributed by atoms with E-state index in [-0.39, 0.29) is 60.4 Å². The average molecular weight is 544 g/mol. The highest BCUT2D eigenvalue weighted by Gasteiger charge is 2.18. The third kappa shape index (κ3) is 9.51. The van der Waals surface area contributed by atoms with Gasteiger partial charge in [0.25, 0.3) is 11.8 Å². The molecule has 0 fully saturated rings. The summed E-state index contributed by atoms with van der Waals surface area (Å²) < 4.78 is 0. The largest absolute Gasteiger partial charge is 0.504 e. The maximum absolute atomic E-state index is 12.8. The molecule has 0 bridgehead atoms. The fourth-order valence-electron chi connectivity index (χ4n) is 3.76. The number of phenolic OH excluding ortho intramolecular Hbond substituents is 4. The van der Waals surface area contributed by atoms with Crippen LogP contribution in [0.25, 0.3) is 0 Å². The standard InChI is InChI=1S/C28H37N3O8/c1-18(2)21(32)12-13-24(35)31(17-7-15-30-28(39)20-9-6-11-23(34)26(20)37)16-4-3-14-29-27(38)19-8-5-10-22(33)25(19)36/h5-6,8-11,18,33-34,36-37H,3-4,7,12-17H2,1-2H3,(H,29,38)(H,30,39). The van der Waals surface area contributed by atoms with E-state index in [1.807, 2.05) is 0 Å². The van der Waals surface area contributed by atoms with E-state index >= 15 is 0 Å². The summed E-state index contributed by atoms with van der Waals surface area (Å²) in [4.78, 5) is 51.0. The zero-order valence-corrected chi connectivity index (χ0v) is 22.3. The summed E-state index contributed by atoms with van der Waals surface area (Å²) in [6, 6.07) is 8.20. The van der Waals surface area contributed by atoms with E-state index in [1.54, 1.807) is 18.7 Å². The Bertz CT molecular complexity index is 1170. The molecule has 2 aromatic carbocycles. The van der Waals surface area contributed by atoms with Crippen molar-refractivity contribution in [1.29, 1.82) is 0 Å². The van der Waals surface area contributed by atoms with Crippen molar-refractivity contribution in [2.45, 2.75) is 46.0 Å². The number of hydrogen-bond donors (Lipinski definition) is 6. The van der Waals surface area contributed by atoms with Crippen LogP contribution in [0.15, 0.2) is 36.4 Å². The number of unbranched alkanes of at least 4 members (excludes halogenated alkanes) is 1. The van der Waals surface area contributed by atoms with Gasteiger partial charge in [0, 0.05) is 44.9 Å². The number of rotatable bonds is 15. The van der Waals surface area contributed by atoms with Crippen LogP contribution in [-0.2, 0) is 9.59 Å². The van der Waals surface area contributed by atoms with Crippen molar-refractivity contribution >= 4 is 23.5 Å². The number of hydrogen-bond acceptors (Lipinski definition) is 8. The molecule has 0 aliphatic heterocycles. The van der Waals surface area contributed by atoms with Gasteiger partial charge in [0.2, 0.25) is 5.91 Å². The summed E-state index contributed by atoms with van der Waals surface area (Å²) >= 11 is 0. The number of amides is 3.